The lowest BCUT2D eigenvalue weighted by molar-refractivity contribution is -0.0178. The second kappa shape index (κ2) is 7.66. The van der Waals surface area contributed by atoms with E-state index in [0.29, 0.717) is 52.4 Å². The maximum atomic E-state index is 13.3. The molecule has 146 valence electrons. The van der Waals surface area contributed by atoms with Gasteiger partial charge in [-0.1, -0.05) is 18.2 Å². The van der Waals surface area contributed by atoms with Crippen molar-refractivity contribution in [3.8, 4) is 22.6 Å². The average molecular weight is 381 g/mol. The first kappa shape index (κ1) is 18.5. The third-order valence-electron chi connectivity index (χ3n) is 5.11. The lowest BCUT2D eigenvalue weighted by atomic mass is 10.00. The van der Waals surface area contributed by atoms with E-state index < -0.39 is 0 Å². The number of para-hydroxylation sites is 1. The van der Waals surface area contributed by atoms with E-state index >= 15 is 0 Å². The fourth-order valence-electron chi connectivity index (χ4n) is 3.72. The number of methoxy groups -OCH3 is 1. The van der Waals surface area contributed by atoms with Crippen molar-refractivity contribution in [2.75, 3.05) is 27.0 Å². The van der Waals surface area contributed by atoms with Gasteiger partial charge in [0.15, 0.2) is 0 Å². The van der Waals surface area contributed by atoms with Crippen LogP contribution in [0.15, 0.2) is 45.6 Å². The first-order valence-electron chi connectivity index (χ1n) is 9.32. The lowest BCUT2D eigenvalue weighted by Crippen LogP contribution is -2.32. The summed E-state index contributed by atoms with van der Waals surface area (Å²) in [5.41, 5.74) is 2.06. The molecule has 0 atom stereocenters. The molecule has 0 radical (unpaired) electrons. The lowest BCUT2D eigenvalue weighted by Gasteiger charge is -2.27. The summed E-state index contributed by atoms with van der Waals surface area (Å²) in [7, 11) is 1.58. The molecule has 6 heteroatoms. The summed E-state index contributed by atoms with van der Waals surface area (Å²) in [6.07, 6.45) is 0.937. The molecule has 2 aromatic carbocycles. The van der Waals surface area contributed by atoms with Crippen molar-refractivity contribution in [1.29, 1.82) is 0 Å². The second-order valence-corrected chi connectivity index (χ2v) is 6.95. The van der Waals surface area contributed by atoms with Gasteiger partial charge in [0.2, 0.25) is 5.43 Å². The zero-order valence-electron chi connectivity index (χ0n) is 16.0. The first-order chi connectivity index (χ1) is 13.6. The summed E-state index contributed by atoms with van der Waals surface area (Å²) in [6.45, 7) is 4.34. The number of nitrogens with zero attached hydrogens (tertiary/aromatic N) is 1. The Kier molecular flexibility index (Phi) is 5.07. The molecular formula is C22H23NO5. The Morgan fingerprint density at radius 2 is 2.04 bits per heavy atom. The van der Waals surface area contributed by atoms with Crippen LogP contribution in [-0.4, -0.2) is 37.0 Å². The molecule has 1 aliphatic heterocycles. The van der Waals surface area contributed by atoms with E-state index in [0.717, 1.165) is 19.6 Å². The van der Waals surface area contributed by atoms with Crippen LogP contribution in [0.5, 0.6) is 11.5 Å². The van der Waals surface area contributed by atoms with E-state index in [9.17, 15) is 9.90 Å². The van der Waals surface area contributed by atoms with Crippen LogP contribution in [0.2, 0.25) is 0 Å². The monoisotopic (exact) mass is 381 g/mol. The highest BCUT2D eigenvalue weighted by Gasteiger charge is 2.21. The highest BCUT2D eigenvalue weighted by Crippen LogP contribution is 2.34. The maximum Gasteiger partial charge on any atom is 0.200 e. The van der Waals surface area contributed by atoms with E-state index in [1.54, 1.807) is 26.2 Å². The van der Waals surface area contributed by atoms with Gasteiger partial charge in [-0.15, -0.1) is 0 Å². The van der Waals surface area contributed by atoms with Crippen LogP contribution in [0.1, 0.15) is 17.7 Å². The molecule has 0 bridgehead atoms. The van der Waals surface area contributed by atoms with Crippen molar-refractivity contribution in [3.63, 3.8) is 0 Å². The summed E-state index contributed by atoms with van der Waals surface area (Å²) in [5.74, 6) is 1.22. The van der Waals surface area contributed by atoms with Gasteiger partial charge >= 0.3 is 0 Å². The molecule has 1 aliphatic rings. The number of ether oxygens (including phenoxy) is 2. The standard InChI is InChI=1S/C22H23NO5/c1-14-20(15-6-3-4-7-19(15)26-2)21(25)16-8-9-18(24)17(22(16)28-14)12-23-10-5-11-27-13-23/h3-4,6-9,24H,5,10-13H2,1-2H3. The number of fused-ring (bicyclic) bond motifs is 1. The molecule has 1 saturated heterocycles. The van der Waals surface area contributed by atoms with Crippen molar-refractivity contribution in [2.24, 2.45) is 0 Å². The fraction of sp³-hybridized carbons (Fsp3) is 0.318. The van der Waals surface area contributed by atoms with Gasteiger partial charge < -0.3 is 19.0 Å². The number of hydrogen-bond acceptors (Lipinski definition) is 6. The molecule has 0 spiro atoms. The molecule has 4 rings (SSSR count). The molecule has 0 unspecified atom stereocenters. The van der Waals surface area contributed by atoms with Crippen molar-refractivity contribution >= 4 is 11.0 Å². The smallest absolute Gasteiger partial charge is 0.200 e. The molecule has 3 aromatic rings. The van der Waals surface area contributed by atoms with Gasteiger partial charge in [-0.3, -0.25) is 9.69 Å². The van der Waals surface area contributed by atoms with Gasteiger partial charge in [-0.05, 0) is 31.5 Å². The van der Waals surface area contributed by atoms with Gasteiger partial charge in [0.25, 0.3) is 0 Å². The second-order valence-electron chi connectivity index (χ2n) is 6.95. The normalized spacial score (nSPS) is 15.1. The summed E-state index contributed by atoms with van der Waals surface area (Å²) in [6, 6.07) is 10.6. The minimum absolute atomic E-state index is 0.116. The first-order valence-corrected chi connectivity index (χ1v) is 9.32. The Bertz CT molecular complexity index is 1070. The molecule has 6 nitrogen and oxygen atoms in total. The number of aryl methyl sites for hydroxylation is 1. The van der Waals surface area contributed by atoms with Gasteiger partial charge in [0, 0.05) is 25.3 Å². The summed E-state index contributed by atoms with van der Waals surface area (Å²) < 4.78 is 17.0. The number of phenols is 1. The van der Waals surface area contributed by atoms with Gasteiger partial charge in [0.1, 0.15) is 22.8 Å². The van der Waals surface area contributed by atoms with Crippen LogP contribution in [0.3, 0.4) is 0 Å². The highest BCUT2D eigenvalue weighted by atomic mass is 16.5. The van der Waals surface area contributed by atoms with Crippen LogP contribution in [0, 0.1) is 6.92 Å². The molecule has 28 heavy (non-hydrogen) atoms. The molecule has 0 saturated carbocycles. The third kappa shape index (κ3) is 3.25. The van der Waals surface area contributed by atoms with Crippen molar-refractivity contribution in [1.82, 2.24) is 4.90 Å². The molecular weight excluding hydrogens is 358 g/mol. The van der Waals surface area contributed by atoms with Gasteiger partial charge in [-0.2, -0.15) is 0 Å². The fourth-order valence-corrected chi connectivity index (χ4v) is 3.72. The Balaban J connectivity index is 1.88. The number of benzene rings is 2. The van der Waals surface area contributed by atoms with E-state index in [1.807, 2.05) is 24.3 Å². The van der Waals surface area contributed by atoms with Crippen LogP contribution in [0.4, 0.5) is 0 Å². The Labute approximate surface area is 162 Å². The molecule has 2 heterocycles. The van der Waals surface area contributed by atoms with Gasteiger partial charge in [0.05, 0.1) is 30.4 Å². The third-order valence-corrected chi connectivity index (χ3v) is 5.11. The van der Waals surface area contributed by atoms with Crippen LogP contribution in [0.25, 0.3) is 22.1 Å². The molecule has 1 aromatic heterocycles. The predicted molar refractivity (Wildman–Crippen MR) is 107 cm³/mol. The highest BCUT2D eigenvalue weighted by molar-refractivity contribution is 5.87. The van der Waals surface area contributed by atoms with Crippen molar-refractivity contribution in [2.45, 2.75) is 19.9 Å². The maximum absolute atomic E-state index is 13.3. The molecule has 0 aliphatic carbocycles. The van der Waals surface area contributed by atoms with E-state index in [4.69, 9.17) is 13.9 Å². The number of aromatic hydroxyl groups is 1. The zero-order valence-corrected chi connectivity index (χ0v) is 16.0. The summed E-state index contributed by atoms with van der Waals surface area (Å²) in [5, 5.41) is 10.9. The minimum Gasteiger partial charge on any atom is -0.507 e. The van der Waals surface area contributed by atoms with Crippen LogP contribution in [-0.2, 0) is 11.3 Å². The van der Waals surface area contributed by atoms with Crippen molar-refractivity contribution < 1.29 is 19.0 Å². The van der Waals surface area contributed by atoms with Crippen LogP contribution >= 0.6 is 0 Å². The van der Waals surface area contributed by atoms with E-state index in [2.05, 4.69) is 4.90 Å². The quantitative estimate of drug-likeness (QED) is 0.744. The minimum atomic E-state index is -0.139. The van der Waals surface area contributed by atoms with Crippen molar-refractivity contribution in [3.05, 3.63) is 57.9 Å². The number of rotatable bonds is 4. The Morgan fingerprint density at radius 1 is 1.21 bits per heavy atom. The average Bonchev–Trinajstić information content (AvgIpc) is 2.71. The topological polar surface area (TPSA) is 72.1 Å². The SMILES string of the molecule is COc1ccccc1-c1c(C)oc2c(CN3CCCOC3)c(O)ccc2c1=O. The van der Waals surface area contributed by atoms with E-state index in [1.165, 1.54) is 0 Å². The molecule has 1 N–H and O–H groups in total. The summed E-state index contributed by atoms with van der Waals surface area (Å²) in [4.78, 5) is 15.4. The predicted octanol–water partition coefficient (Wildman–Crippen LogP) is 3.66. The van der Waals surface area contributed by atoms with E-state index in [-0.39, 0.29) is 11.2 Å². The zero-order chi connectivity index (χ0) is 19.7. The molecule has 0 amide bonds. The summed E-state index contributed by atoms with van der Waals surface area (Å²) >= 11 is 0. The largest absolute Gasteiger partial charge is 0.507 e. The number of hydrogen-bond donors (Lipinski definition) is 1. The Morgan fingerprint density at radius 3 is 2.79 bits per heavy atom. The Hall–Kier alpha value is -2.83. The molecule has 1 fully saturated rings. The number of phenolic OH excluding ortho intramolecular Hbond substituents is 1. The van der Waals surface area contributed by atoms with Crippen LogP contribution < -0.4 is 10.2 Å². The van der Waals surface area contributed by atoms with Gasteiger partial charge in [-0.25, -0.2) is 0 Å².